The van der Waals surface area contributed by atoms with Gasteiger partial charge in [-0.25, -0.2) is 9.88 Å². The van der Waals surface area contributed by atoms with Crippen LogP contribution < -0.4 is 20.9 Å². The van der Waals surface area contributed by atoms with Crippen molar-refractivity contribution in [3.63, 3.8) is 0 Å². The first-order chi connectivity index (χ1) is 18.8. The summed E-state index contributed by atoms with van der Waals surface area (Å²) in [6, 6.07) is 8.74. The van der Waals surface area contributed by atoms with E-state index in [9.17, 15) is 24.3 Å². The lowest BCUT2D eigenvalue weighted by molar-refractivity contribution is -0.163. The maximum atomic E-state index is 12.5. The van der Waals surface area contributed by atoms with Gasteiger partial charge in [-0.3, -0.25) is 23.9 Å². The van der Waals surface area contributed by atoms with E-state index in [2.05, 4.69) is 10.1 Å². The smallest absolute Gasteiger partial charge is 0.330 e. The molecule has 3 rings (SSSR count). The standard InChI is InChI=1S/C25H34N3O10PS/c1-6-20(30)37-21-18(36-23(25(21,5)33)28-13-12-19(29)26-24(28)32)14-34-39(40,38-17-10-8-7-9-11-17)27-16(4)22(31)35-15(2)3/h7-13,15-16,18,21,23,33H,6,14H2,1-5H3,(H,27,40)(H,26,29,32)/t16-,18+,21+,23+,25+,39?/m0/s1. The molecule has 0 amide bonds. The summed E-state index contributed by atoms with van der Waals surface area (Å²) in [5, 5.41) is 14.3. The highest BCUT2D eigenvalue weighted by Crippen LogP contribution is 2.47. The number of hydrogen-bond donors (Lipinski definition) is 3. The van der Waals surface area contributed by atoms with Gasteiger partial charge in [0.25, 0.3) is 5.56 Å². The molecule has 2 heterocycles. The van der Waals surface area contributed by atoms with Gasteiger partial charge in [0, 0.05) is 18.7 Å². The lowest BCUT2D eigenvalue weighted by atomic mass is 9.96. The number of rotatable bonds is 12. The van der Waals surface area contributed by atoms with E-state index in [4.69, 9.17) is 35.1 Å². The Hall–Kier alpha value is -2.87. The molecule has 2 aromatic rings. The summed E-state index contributed by atoms with van der Waals surface area (Å²) in [7, 11) is 0. The van der Waals surface area contributed by atoms with E-state index in [0.717, 1.165) is 16.8 Å². The topological polar surface area (TPSA) is 167 Å². The van der Waals surface area contributed by atoms with Crippen LogP contribution >= 0.6 is 6.64 Å². The van der Waals surface area contributed by atoms with Crippen LogP contribution in [0.15, 0.2) is 52.2 Å². The second-order valence-corrected chi connectivity index (χ2v) is 12.7. The second kappa shape index (κ2) is 13.2. The van der Waals surface area contributed by atoms with Crippen molar-refractivity contribution in [3.05, 3.63) is 63.4 Å². The minimum absolute atomic E-state index is 0.00948. The number of benzene rings is 1. The number of nitrogens with one attached hydrogen (secondary N) is 2. The maximum absolute atomic E-state index is 12.5. The SMILES string of the molecule is CCC(=O)O[C@@H]1[C@@H](COP(=S)(N[C@@H](C)C(=O)OC(C)C)Oc2ccccc2)O[C@@H](n2ccc(=O)[nH]c2=O)[C@]1(C)O. The van der Waals surface area contributed by atoms with Gasteiger partial charge in [-0.1, -0.05) is 25.1 Å². The van der Waals surface area contributed by atoms with Gasteiger partial charge in [-0.15, -0.1) is 0 Å². The Morgan fingerprint density at radius 2 is 1.90 bits per heavy atom. The van der Waals surface area contributed by atoms with Crippen LogP contribution in [-0.4, -0.2) is 63.2 Å². The van der Waals surface area contributed by atoms with Crippen LogP contribution in [0.3, 0.4) is 0 Å². The highest BCUT2D eigenvalue weighted by atomic mass is 32.5. The number of carbonyl (C=O) groups is 2. The predicted octanol–water partition coefficient (Wildman–Crippen LogP) is 1.76. The van der Waals surface area contributed by atoms with Crippen molar-refractivity contribution in [2.75, 3.05) is 6.61 Å². The van der Waals surface area contributed by atoms with Crippen LogP contribution in [0, 0.1) is 0 Å². The fourth-order valence-electron chi connectivity index (χ4n) is 3.90. The van der Waals surface area contributed by atoms with Crippen LogP contribution in [-0.2, 0) is 40.1 Å². The van der Waals surface area contributed by atoms with Gasteiger partial charge in [-0.2, -0.15) is 0 Å². The first-order valence-corrected chi connectivity index (χ1v) is 15.3. The third-order valence-electron chi connectivity index (χ3n) is 5.80. The summed E-state index contributed by atoms with van der Waals surface area (Å²) in [4.78, 5) is 50.9. The molecular weight excluding hydrogens is 565 g/mol. The molecule has 0 spiro atoms. The largest absolute Gasteiger partial charge is 0.462 e. The third-order valence-corrected chi connectivity index (χ3v) is 8.30. The average molecular weight is 600 g/mol. The zero-order chi connectivity index (χ0) is 29.7. The van der Waals surface area contributed by atoms with Gasteiger partial charge in [0.05, 0.1) is 12.7 Å². The summed E-state index contributed by atoms with van der Waals surface area (Å²) >= 11 is 5.72. The molecule has 13 nitrogen and oxygen atoms in total. The highest BCUT2D eigenvalue weighted by Gasteiger charge is 2.56. The minimum Gasteiger partial charge on any atom is -0.462 e. The zero-order valence-electron chi connectivity index (χ0n) is 22.8. The molecule has 1 aliphatic rings. The fourth-order valence-corrected chi connectivity index (χ4v) is 6.32. The number of ether oxygens (including phenoxy) is 3. The Morgan fingerprint density at radius 1 is 1.23 bits per heavy atom. The molecule has 1 aromatic carbocycles. The molecule has 1 unspecified atom stereocenters. The Balaban J connectivity index is 1.90. The Bertz CT molecular complexity index is 1350. The van der Waals surface area contributed by atoms with Crippen molar-refractivity contribution in [1.29, 1.82) is 0 Å². The Labute approximate surface area is 236 Å². The van der Waals surface area contributed by atoms with Crippen molar-refractivity contribution < 1.29 is 38.0 Å². The summed E-state index contributed by atoms with van der Waals surface area (Å²) in [6.45, 7) is 4.02. The highest BCUT2D eigenvalue weighted by molar-refractivity contribution is 8.09. The zero-order valence-corrected chi connectivity index (χ0v) is 24.5. The first-order valence-electron chi connectivity index (χ1n) is 12.6. The molecule has 0 saturated carbocycles. The third kappa shape index (κ3) is 7.87. The Kier molecular flexibility index (Phi) is 10.4. The van der Waals surface area contributed by atoms with Crippen molar-refractivity contribution in [3.8, 4) is 5.75 Å². The van der Waals surface area contributed by atoms with Crippen molar-refractivity contribution in [2.45, 2.75) is 77.2 Å². The van der Waals surface area contributed by atoms with E-state index in [-0.39, 0.29) is 19.1 Å². The minimum atomic E-state index is -3.50. The van der Waals surface area contributed by atoms with Crippen molar-refractivity contribution >= 4 is 30.4 Å². The van der Waals surface area contributed by atoms with Gasteiger partial charge in [0.1, 0.15) is 23.5 Å². The number of H-pyrrole nitrogens is 1. The molecule has 0 aliphatic carbocycles. The van der Waals surface area contributed by atoms with Crippen LogP contribution in [0.4, 0.5) is 0 Å². The molecule has 3 N–H and O–H groups in total. The number of para-hydroxylation sites is 1. The molecular formula is C25H34N3O10PS. The number of aliphatic hydroxyl groups is 1. The molecule has 15 heteroatoms. The number of esters is 2. The molecule has 0 radical (unpaired) electrons. The second-order valence-electron chi connectivity index (χ2n) is 9.57. The number of aromatic amines is 1. The maximum Gasteiger partial charge on any atom is 0.330 e. The lowest BCUT2D eigenvalue weighted by Crippen LogP contribution is -2.49. The average Bonchev–Trinajstić information content (AvgIpc) is 3.12. The van der Waals surface area contributed by atoms with Gasteiger partial charge in [0.2, 0.25) is 0 Å². The van der Waals surface area contributed by atoms with Crippen LogP contribution in [0.2, 0.25) is 0 Å². The van der Waals surface area contributed by atoms with Gasteiger partial charge >= 0.3 is 24.3 Å². The first kappa shape index (κ1) is 31.7. The summed E-state index contributed by atoms with van der Waals surface area (Å²) in [5.41, 5.74) is -3.40. The van der Waals surface area contributed by atoms with E-state index in [1.807, 2.05) is 0 Å². The molecule has 1 fully saturated rings. The predicted molar refractivity (Wildman–Crippen MR) is 147 cm³/mol. The van der Waals surface area contributed by atoms with Gasteiger partial charge in [0.15, 0.2) is 12.3 Å². The van der Waals surface area contributed by atoms with E-state index < -0.39 is 59.9 Å². The lowest BCUT2D eigenvalue weighted by Gasteiger charge is -2.31. The molecule has 1 saturated heterocycles. The molecule has 0 bridgehead atoms. The van der Waals surface area contributed by atoms with Gasteiger partial charge < -0.3 is 28.4 Å². The number of nitrogens with zero attached hydrogens (tertiary/aromatic N) is 1. The normalized spacial score (nSPS) is 24.7. The Morgan fingerprint density at radius 3 is 2.50 bits per heavy atom. The fraction of sp³-hybridized carbons (Fsp3) is 0.520. The van der Waals surface area contributed by atoms with Crippen LogP contribution in [0.25, 0.3) is 0 Å². The van der Waals surface area contributed by atoms with E-state index in [1.54, 1.807) is 58.0 Å². The molecule has 1 aliphatic heterocycles. The molecule has 6 atom stereocenters. The van der Waals surface area contributed by atoms with Crippen LogP contribution in [0.5, 0.6) is 5.75 Å². The van der Waals surface area contributed by atoms with E-state index >= 15 is 0 Å². The molecule has 220 valence electrons. The number of hydrogen-bond acceptors (Lipinski definition) is 11. The quantitative estimate of drug-likeness (QED) is 0.239. The summed E-state index contributed by atoms with van der Waals surface area (Å²) in [6.07, 6.45) is -2.98. The van der Waals surface area contributed by atoms with Gasteiger partial charge in [-0.05, 0) is 51.6 Å². The van der Waals surface area contributed by atoms with Crippen molar-refractivity contribution in [1.82, 2.24) is 14.6 Å². The summed E-state index contributed by atoms with van der Waals surface area (Å²) < 4.78 is 29.7. The summed E-state index contributed by atoms with van der Waals surface area (Å²) in [5.74, 6) is -0.831. The molecule has 1 aromatic heterocycles. The van der Waals surface area contributed by atoms with Crippen molar-refractivity contribution in [2.24, 2.45) is 0 Å². The monoisotopic (exact) mass is 599 g/mol. The number of carbonyl (C=O) groups excluding carboxylic acids is 2. The van der Waals surface area contributed by atoms with E-state index in [1.165, 1.54) is 6.92 Å². The van der Waals surface area contributed by atoms with E-state index in [0.29, 0.717) is 5.75 Å². The molecule has 40 heavy (non-hydrogen) atoms. The number of aromatic nitrogens is 2. The van der Waals surface area contributed by atoms with Crippen LogP contribution in [0.1, 0.15) is 47.3 Å².